The topological polar surface area (TPSA) is 90.5 Å². The molecule has 0 aliphatic heterocycles. The molecule has 8 nitrogen and oxygen atoms in total. The molecule has 3 heterocycles. The molecule has 0 aliphatic carbocycles. The van der Waals surface area contributed by atoms with Crippen molar-refractivity contribution in [2.75, 3.05) is 5.32 Å². The van der Waals surface area contributed by atoms with Crippen LogP contribution in [0.15, 0.2) is 67.1 Å². The zero-order chi connectivity index (χ0) is 23.7. The van der Waals surface area contributed by atoms with Crippen molar-refractivity contribution in [2.24, 2.45) is 0 Å². The van der Waals surface area contributed by atoms with Crippen LogP contribution in [0.1, 0.15) is 28.8 Å². The van der Waals surface area contributed by atoms with E-state index in [2.05, 4.69) is 45.4 Å². The largest absolute Gasteiger partial charge is 0.311 e. The van der Waals surface area contributed by atoms with Gasteiger partial charge in [0.15, 0.2) is 11.5 Å². The minimum absolute atomic E-state index is 0.0821. The van der Waals surface area contributed by atoms with Gasteiger partial charge in [-0.3, -0.25) is 4.79 Å². The van der Waals surface area contributed by atoms with Gasteiger partial charge in [-0.1, -0.05) is 42.5 Å². The minimum atomic E-state index is -0.0821. The fourth-order valence-electron chi connectivity index (χ4n) is 4.00. The van der Waals surface area contributed by atoms with Crippen molar-refractivity contribution in [1.29, 1.82) is 0 Å². The van der Waals surface area contributed by atoms with Gasteiger partial charge >= 0.3 is 0 Å². The van der Waals surface area contributed by atoms with Gasteiger partial charge < -0.3 is 5.32 Å². The van der Waals surface area contributed by atoms with E-state index in [9.17, 15) is 4.79 Å². The zero-order valence-electron chi connectivity index (χ0n) is 19.4. The van der Waals surface area contributed by atoms with Gasteiger partial charge in [-0.15, -0.1) is 0 Å². The highest BCUT2D eigenvalue weighted by atomic mass is 16.1. The van der Waals surface area contributed by atoms with Crippen LogP contribution in [0, 0.1) is 20.8 Å². The summed E-state index contributed by atoms with van der Waals surface area (Å²) in [6.07, 6.45) is 4.28. The number of amides is 1. The smallest absolute Gasteiger partial charge is 0.225 e. The zero-order valence-corrected chi connectivity index (χ0v) is 19.4. The summed E-state index contributed by atoms with van der Waals surface area (Å²) in [6, 6.07) is 17.9. The van der Waals surface area contributed by atoms with E-state index < -0.39 is 0 Å². The monoisotopic (exact) mass is 451 g/mol. The summed E-state index contributed by atoms with van der Waals surface area (Å²) in [5.41, 5.74) is 5.84. The molecule has 5 aromatic rings. The second-order valence-corrected chi connectivity index (χ2v) is 8.33. The molecule has 3 aromatic heterocycles. The van der Waals surface area contributed by atoms with Gasteiger partial charge in [0.2, 0.25) is 5.91 Å². The van der Waals surface area contributed by atoms with Gasteiger partial charge in [0.25, 0.3) is 0 Å². The molecule has 0 unspecified atom stereocenters. The number of anilines is 1. The summed E-state index contributed by atoms with van der Waals surface area (Å²) >= 11 is 0. The lowest BCUT2D eigenvalue weighted by Crippen LogP contribution is -2.16. The fourth-order valence-corrected chi connectivity index (χ4v) is 4.00. The standard InChI is InChI=1S/C26H25N7O/c1-17-8-7-11-22(19(17)3)32-25-21(15-29-32)26(28-16-27-25)33-23(14-18(2)31-33)30-24(34)13-12-20-9-5-4-6-10-20/h4-11,14-16H,12-13H2,1-3H3,(H,30,34). The molecule has 1 N–H and O–H groups in total. The quantitative estimate of drug-likeness (QED) is 0.411. The van der Waals surface area contributed by atoms with Crippen LogP contribution in [0.25, 0.3) is 22.5 Å². The van der Waals surface area contributed by atoms with Crippen LogP contribution >= 0.6 is 0 Å². The van der Waals surface area contributed by atoms with Crippen molar-refractivity contribution in [3.63, 3.8) is 0 Å². The first-order valence-electron chi connectivity index (χ1n) is 11.2. The SMILES string of the molecule is Cc1cc(NC(=O)CCc2ccccc2)n(-c2ncnc3c2cnn3-c2cccc(C)c2C)n1. The molecule has 34 heavy (non-hydrogen) atoms. The third-order valence-electron chi connectivity index (χ3n) is 5.93. The van der Waals surface area contributed by atoms with Crippen molar-refractivity contribution in [1.82, 2.24) is 29.5 Å². The summed E-state index contributed by atoms with van der Waals surface area (Å²) in [4.78, 5) is 21.7. The first-order chi connectivity index (χ1) is 16.5. The van der Waals surface area contributed by atoms with Crippen molar-refractivity contribution in [3.8, 4) is 11.5 Å². The number of aromatic nitrogens is 6. The predicted octanol–water partition coefficient (Wildman–Crippen LogP) is 4.50. The molecule has 0 spiro atoms. The number of carbonyl (C=O) groups is 1. The van der Waals surface area contributed by atoms with Crippen LogP contribution in [0.3, 0.4) is 0 Å². The maximum atomic E-state index is 12.7. The van der Waals surface area contributed by atoms with Crippen LogP contribution in [-0.2, 0) is 11.2 Å². The van der Waals surface area contributed by atoms with Gasteiger partial charge in [0, 0.05) is 12.5 Å². The molecule has 8 heteroatoms. The highest BCUT2D eigenvalue weighted by Crippen LogP contribution is 2.26. The van der Waals surface area contributed by atoms with Crippen LogP contribution in [0.5, 0.6) is 0 Å². The summed E-state index contributed by atoms with van der Waals surface area (Å²) in [6.45, 7) is 6.03. The number of hydrogen-bond acceptors (Lipinski definition) is 5. The third-order valence-corrected chi connectivity index (χ3v) is 5.93. The third kappa shape index (κ3) is 4.05. The normalized spacial score (nSPS) is 11.1. The molecule has 170 valence electrons. The molecule has 2 aromatic carbocycles. The molecular formula is C26H25N7O. The van der Waals surface area contributed by atoms with Crippen molar-refractivity contribution < 1.29 is 4.79 Å². The molecule has 0 aliphatic rings. The number of rotatable bonds is 6. The molecule has 0 saturated carbocycles. The Morgan fingerprint density at radius 3 is 2.62 bits per heavy atom. The van der Waals surface area contributed by atoms with E-state index >= 15 is 0 Å². The van der Waals surface area contributed by atoms with Crippen LogP contribution in [0.4, 0.5) is 5.82 Å². The second kappa shape index (κ2) is 8.90. The molecule has 0 radical (unpaired) electrons. The number of carbonyl (C=O) groups excluding carboxylic acids is 1. The van der Waals surface area contributed by atoms with Gasteiger partial charge in [-0.25, -0.2) is 14.6 Å². The Balaban J connectivity index is 1.47. The predicted molar refractivity (Wildman–Crippen MR) is 131 cm³/mol. The minimum Gasteiger partial charge on any atom is -0.311 e. The molecule has 0 atom stereocenters. The lowest BCUT2D eigenvalue weighted by Gasteiger charge is -2.11. The Kier molecular flexibility index (Phi) is 5.63. The highest BCUT2D eigenvalue weighted by molar-refractivity contribution is 5.91. The second-order valence-electron chi connectivity index (χ2n) is 8.33. The maximum absolute atomic E-state index is 12.7. The Hall–Kier alpha value is -4.33. The van der Waals surface area contributed by atoms with Crippen molar-refractivity contribution in [3.05, 3.63) is 89.5 Å². The molecular weight excluding hydrogens is 426 g/mol. The summed E-state index contributed by atoms with van der Waals surface area (Å²) in [5.74, 6) is 1.05. The summed E-state index contributed by atoms with van der Waals surface area (Å²) in [7, 11) is 0. The van der Waals surface area contributed by atoms with Gasteiger partial charge in [-0.2, -0.15) is 14.9 Å². The Morgan fingerprint density at radius 2 is 1.79 bits per heavy atom. The van der Waals surface area contributed by atoms with Crippen LogP contribution in [-0.4, -0.2) is 35.4 Å². The van der Waals surface area contributed by atoms with Crippen molar-refractivity contribution >= 4 is 22.8 Å². The Labute approximate surface area is 197 Å². The lowest BCUT2D eigenvalue weighted by molar-refractivity contribution is -0.116. The number of hydrogen-bond donors (Lipinski definition) is 1. The Bertz CT molecular complexity index is 1480. The number of nitrogens with one attached hydrogen (secondary N) is 1. The number of benzene rings is 2. The first kappa shape index (κ1) is 21.5. The van der Waals surface area contributed by atoms with Crippen molar-refractivity contribution in [2.45, 2.75) is 33.6 Å². The van der Waals surface area contributed by atoms with Gasteiger partial charge in [0.1, 0.15) is 12.1 Å². The molecule has 0 fully saturated rings. The van der Waals surface area contributed by atoms with E-state index in [0.29, 0.717) is 30.1 Å². The lowest BCUT2D eigenvalue weighted by atomic mass is 10.1. The van der Waals surface area contributed by atoms with E-state index in [1.165, 1.54) is 11.9 Å². The molecule has 0 bridgehead atoms. The molecule has 1 amide bonds. The Morgan fingerprint density at radius 1 is 0.971 bits per heavy atom. The van der Waals surface area contributed by atoms with Gasteiger partial charge in [-0.05, 0) is 49.9 Å². The highest BCUT2D eigenvalue weighted by Gasteiger charge is 2.18. The average Bonchev–Trinajstić information content (AvgIpc) is 3.43. The van der Waals surface area contributed by atoms with Crippen LogP contribution < -0.4 is 5.32 Å². The maximum Gasteiger partial charge on any atom is 0.225 e. The van der Waals surface area contributed by atoms with Gasteiger partial charge in [0.05, 0.1) is 23.0 Å². The first-order valence-corrected chi connectivity index (χ1v) is 11.2. The molecule has 0 saturated heterocycles. The number of nitrogens with zero attached hydrogens (tertiary/aromatic N) is 6. The van der Waals surface area contributed by atoms with E-state index in [0.717, 1.165) is 27.9 Å². The number of aryl methyl sites for hydroxylation is 3. The van der Waals surface area contributed by atoms with E-state index in [1.54, 1.807) is 10.9 Å². The van der Waals surface area contributed by atoms with Crippen LogP contribution in [0.2, 0.25) is 0 Å². The number of fused-ring (bicyclic) bond motifs is 1. The molecule has 5 rings (SSSR count). The average molecular weight is 452 g/mol. The van der Waals surface area contributed by atoms with E-state index in [1.807, 2.05) is 60.1 Å². The fraction of sp³-hybridized carbons (Fsp3) is 0.192. The van der Waals surface area contributed by atoms with E-state index in [4.69, 9.17) is 0 Å². The summed E-state index contributed by atoms with van der Waals surface area (Å²) < 4.78 is 3.46. The summed E-state index contributed by atoms with van der Waals surface area (Å²) in [5, 5.41) is 12.9. The van der Waals surface area contributed by atoms with E-state index in [-0.39, 0.29) is 5.91 Å².